The molecule has 1 aromatic rings. The Hall–Kier alpha value is -1.03. The Morgan fingerprint density at radius 2 is 2.05 bits per heavy atom. The maximum Gasteiger partial charge on any atom is 0.289 e. The average molecular weight is 328 g/mol. The van der Waals surface area contributed by atoms with Crippen molar-refractivity contribution >= 4 is 20.7 Å². The molecule has 0 radical (unpaired) electrons. The van der Waals surface area contributed by atoms with Gasteiger partial charge in [0.25, 0.3) is 4.82 Å². The van der Waals surface area contributed by atoms with Gasteiger partial charge in [0, 0.05) is 29.5 Å². The lowest BCUT2D eigenvalue weighted by atomic mass is 9.95. The minimum absolute atomic E-state index is 0.0808. The van der Waals surface area contributed by atoms with Gasteiger partial charge in [0.15, 0.2) is 0 Å². The van der Waals surface area contributed by atoms with Gasteiger partial charge in [0.05, 0.1) is 7.11 Å². The highest BCUT2D eigenvalue weighted by atomic mass is 79.9. The Morgan fingerprint density at radius 1 is 1.42 bits per heavy atom. The first-order valence-corrected chi connectivity index (χ1v) is 7.24. The number of amides is 1. The normalized spacial score (nSPS) is 10.7. The van der Waals surface area contributed by atoms with Crippen molar-refractivity contribution in [1.82, 2.24) is 4.90 Å². The lowest BCUT2D eigenvalue weighted by molar-refractivity contribution is 0.235. The molecule has 0 heterocycles. The van der Waals surface area contributed by atoms with Gasteiger partial charge in [-0.05, 0) is 42.0 Å². The van der Waals surface area contributed by atoms with Gasteiger partial charge < -0.3 is 9.64 Å². The molecule has 0 aliphatic carbocycles. The Morgan fingerprint density at radius 3 is 2.53 bits per heavy atom. The number of carbonyl (C=O) groups excluding carboxylic acids is 1. The molecule has 0 atom stereocenters. The maximum absolute atomic E-state index is 11.1. The molecule has 1 amide bonds. The van der Waals surface area contributed by atoms with Crippen molar-refractivity contribution in [3.63, 3.8) is 0 Å². The smallest absolute Gasteiger partial charge is 0.289 e. The summed E-state index contributed by atoms with van der Waals surface area (Å²) in [5.74, 6) is 1.37. The van der Waals surface area contributed by atoms with Gasteiger partial charge in [0.1, 0.15) is 5.75 Å². The second kappa shape index (κ2) is 6.94. The molecule has 0 aromatic heterocycles. The number of ether oxygens (including phenoxy) is 1. The molecule has 3 nitrogen and oxygen atoms in total. The molecule has 1 rings (SSSR count). The van der Waals surface area contributed by atoms with Crippen LogP contribution >= 0.6 is 15.9 Å². The highest BCUT2D eigenvalue weighted by molar-refractivity contribution is 9.18. The van der Waals surface area contributed by atoms with Gasteiger partial charge in [-0.15, -0.1) is 0 Å². The van der Waals surface area contributed by atoms with Crippen molar-refractivity contribution in [1.29, 1.82) is 0 Å². The zero-order chi connectivity index (χ0) is 14.6. The summed E-state index contributed by atoms with van der Waals surface area (Å²) in [6.45, 7) is 7.10. The van der Waals surface area contributed by atoms with E-state index in [9.17, 15) is 4.79 Å². The number of carbonyl (C=O) groups is 1. The predicted octanol–water partition coefficient (Wildman–Crippen LogP) is 4.12. The molecule has 0 spiro atoms. The summed E-state index contributed by atoms with van der Waals surface area (Å²) in [6.07, 6.45) is 0.851. The first kappa shape index (κ1) is 16.0. The molecule has 0 N–H and O–H groups in total. The molecule has 19 heavy (non-hydrogen) atoms. The van der Waals surface area contributed by atoms with E-state index in [4.69, 9.17) is 4.74 Å². The van der Waals surface area contributed by atoms with Gasteiger partial charge in [-0.1, -0.05) is 19.9 Å². The van der Waals surface area contributed by atoms with E-state index >= 15 is 0 Å². The van der Waals surface area contributed by atoms with Crippen molar-refractivity contribution in [2.75, 3.05) is 20.7 Å². The van der Waals surface area contributed by atoms with Crippen LogP contribution < -0.4 is 4.74 Å². The molecular weight excluding hydrogens is 306 g/mol. The van der Waals surface area contributed by atoms with E-state index in [2.05, 4.69) is 48.8 Å². The second-order valence-corrected chi connectivity index (χ2v) is 5.78. The Kier molecular flexibility index (Phi) is 5.85. The van der Waals surface area contributed by atoms with Gasteiger partial charge >= 0.3 is 0 Å². The highest BCUT2D eigenvalue weighted by Crippen LogP contribution is 2.29. The molecule has 106 valence electrons. The van der Waals surface area contributed by atoms with Crippen LogP contribution in [0.1, 0.15) is 36.5 Å². The molecule has 0 fully saturated rings. The number of hydrogen-bond acceptors (Lipinski definition) is 2. The molecule has 0 unspecified atom stereocenters. The monoisotopic (exact) mass is 327 g/mol. The molecule has 0 bridgehead atoms. The third-order valence-electron chi connectivity index (χ3n) is 3.33. The molecule has 0 saturated heterocycles. The van der Waals surface area contributed by atoms with Crippen LogP contribution in [-0.2, 0) is 6.42 Å². The summed E-state index contributed by atoms with van der Waals surface area (Å²) in [4.78, 5) is 12.7. The SMILES string of the molecule is COc1cc(C)c(CCN(C)C(=O)Br)cc1C(C)C. The number of aryl methyl sites for hydroxylation is 1. The van der Waals surface area contributed by atoms with E-state index in [0.717, 1.165) is 12.2 Å². The summed E-state index contributed by atoms with van der Waals surface area (Å²) >= 11 is 2.96. The molecule has 0 aliphatic heterocycles. The molecule has 0 saturated carbocycles. The standard InChI is InChI=1S/C15H22BrNO2/c1-10(2)13-9-12(6-7-17(4)15(16)18)11(3)8-14(13)19-5/h8-10H,6-7H2,1-5H3. The average Bonchev–Trinajstić information content (AvgIpc) is 2.35. The number of halogens is 1. The van der Waals surface area contributed by atoms with Crippen LogP contribution in [0.4, 0.5) is 4.79 Å². The van der Waals surface area contributed by atoms with Crippen LogP contribution in [0, 0.1) is 6.92 Å². The van der Waals surface area contributed by atoms with Gasteiger partial charge in [-0.25, -0.2) is 0 Å². The van der Waals surface area contributed by atoms with E-state index in [0.29, 0.717) is 12.5 Å². The second-order valence-electron chi connectivity index (χ2n) is 5.10. The van der Waals surface area contributed by atoms with E-state index in [1.165, 1.54) is 16.7 Å². The van der Waals surface area contributed by atoms with Crippen molar-refractivity contribution in [2.24, 2.45) is 0 Å². The molecule has 1 aromatic carbocycles. The minimum Gasteiger partial charge on any atom is -0.496 e. The lowest BCUT2D eigenvalue weighted by Crippen LogP contribution is -2.23. The van der Waals surface area contributed by atoms with Crippen LogP contribution in [0.5, 0.6) is 5.75 Å². The fourth-order valence-corrected chi connectivity index (χ4v) is 2.20. The zero-order valence-electron chi connectivity index (χ0n) is 12.3. The minimum atomic E-state index is -0.0808. The number of likely N-dealkylation sites (N-methyl/N-ethyl adjacent to an activating group) is 1. The quantitative estimate of drug-likeness (QED) is 0.601. The number of methoxy groups -OCH3 is 1. The number of benzene rings is 1. The maximum atomic E-state index is 11.1. The Labute approximate surface area is 124 Å². The van der Waals surface area contributed by atoms with E-state index < -0.39 is 0 Å². The number of nitrogens with zero attached hydrogens (tertiary/aromatic N) is 1. The van der Waals surface area contributed by atoms with Crippen molar-refractivity contribution < 1.29 is 9.53 Å². The van der Waals surface area contributed by atoms with Crippen LogP contribution in [-0.4, -0.2) is 30.4 Å². The topological polar surface area (TPSA) is 29.5 Å². The van der Waals surface area contributed by atoms with Gasteiger partial charge in [-0.3, -0.25) is 4.79 Å². The van der Waals surface area contributed by atoms with Crippen LogP contribution in [0.25, 0.3) is 0 Å². The van der Waals surface area contributed by atoms with E-state index in [1.807, 2.05) is 0 Å². The van der Waals surface area contributed by atoms with E-state index in [1.54, 1.807) is 19.1 Å². The summed E-state index contributed by atoms with van der Waals surface area (Å²) < 4.78 is 5.43. The van der Waals surface area contributed by atoms with Gasteiger partial charge in [0.2, 0.25) is 0 Å². The number of hydrogen-bond donors (Lipinski definition) is 0. The Bertz CT molecular complexity index is 458. The van der Waals surface area contributed by atoms with Crippen LogP contribution in [0.3, 0.4) is 0 Å². The third-order valence-corrected chi connectivity index (χ3v) is 3.93. The predicted molar refractivity (Wildman–Crippen MR) is 82.5 cm³/mol. The van der Waals surface area contributed by atoms with Crippen molar-refractivity contribution in [2.45, 2.75) is 33.1 Å². The van der Waals surface area contributed by atoms with Crippen molar-refractivity contribution in [3.05, 3.63) is 28.8 Å². The molecule has 0 aliphatic rings. The largest absolute Gasteiger partial charge is 0.496 e. The van der Waals surface area contributed by atoms with Crippen LogP contribution in [0.15, 0.2) is 12.1 Å². The van der Waals surface area contributed by atoms with Gasteiger partial charge in [-0.2, -0.15) is 0 Å². The number of rotatable bonds is 5. The summed E-state index contributed by atoms with van der Waals surface area (Å²) in [6, 6.07) is 4.28. The zero-order valence-corrected chi connectivity index (χ0v) is 13.9. The molecule has 4 heteroatoms. The van der Waals surface area contributed by atoms with Crippen LogP contribution in [0.2, 0.25) is 0 Å². The Balaban J connectivity index is 2.95. The summed E-state index contributed by atoms with van der Waals surface area (Å²) in [5, 5.41) is 0. The fourth-order valence-electron chi connectivity index (χ4n) is 2.02. The fraction of sp³-hybridized carbons (Fsp3) is 0.533. The highest BCUT2D eigenvalue weighted by Gasteiger charge is 2.12. The van der Waals surface area contributed by atoms with E-state index in [-0.39, 0.29) is 4.82 Å². The lowest BCUT2D eigenvalue weighted by Gasteiger charge is -2.18. The first-order valence-electron chi connectivity index (χ1n) is 6.44. The third kappa shape index (κ3) is 4.23. The first-order chi connectivity index (χ1) is 8.86. The van der Waals surface area contributed by atoms with Crippen molar-refractivity contribution in [3.8, 4) is 5.75 Å². The summed E-state index contributed by atoms with van der Waals surface area (Å²) in [5.41, 5.74) is 3.69. The molecular formula is C15H22BrNO2. The summed E-state index contributed by atoms with van der Waals surface area (Å²) in [7, 11) is 3.50.